The smallest absolute Gasteiger partial charge is 0.462 e. The van der Waals surface area contributed by atoms with Crippen LogP contribution in [0.4, 0.5) is 0 Å². The lowest BCUT2D eigenvalue weighted by molar-refractivity contribution is -0.161. The summed E-state index contributed by atoms with van der Waals surface area (Å²) in [5.74, 6) is 0.241. The van der Waals surface area contributed by atoms with E-state index >= 15 is 0 Å². The van der Waals surface area contributed by atoms with Crippen LogP contribution in [0.5, 0.6) is 0 Å². The van der Waals surface area contributed by atoms with Crippen LogP contribution in [0.2, 0.25) is 0 Å². The van der Waals surface area contributed by atoms with Crippen LogP contribution in [-0.4, -0.2) is 96.7 Å². The molecule has 5 atom stereocenters. The first-order valence-electron chi connectivity index (χ1n) is 41.3. The highest BCUT2D eigenvalue weighted by atomic mass is 31.2. The molecule has 0 rings (SSSR count). The van der Waals surface area contributed by atoms with Crippen LogP contribution in [0.15, 0.2) is 0 Å². The zero-order valence-corrected chi connectivity index (χ0v) is 66.8. The Labute approximate surface area is 607 Å². The van der Waals surface area contributed by atoms with Crippen molar-refractivity contribution in [2.45, 2.75) is 433 Å². The standard InChI is InChI=1S/C80H156O17P2/c1-8-9-10-11-12-13-23-33-40-47-54-61-77(82)90-67-76(97-80(85)64-57-50-43-36-29-28-32-39-46-53-60-73(6)7)70-95-99(88,89)93-66-74(81)65-92-98(86,87)94-69-75(68-91-78(83)62-55-48-41-34-26-22-18-20-25-31-38-45-52-59-72(4)5)96-79(84)63-56-49-42-35-27-21-17-15-14-16-19-24-30-37-44-51-58-71(2)3/h71-76,81H,8-70H2,1-7H3,(H,86,87)(H,88,89)/t74-,75-,76-/m1/s1. The number of carbonyl (C=O) groups excluding carboxylic acids is 4. The van der Waals surface area contributed by atoms with Gasteiger partial charge in [0.25, 0.3) is 0 Å². The number of unbranched alkanes of at least 4 members (excludes halogenated alkanes) is 46. The topological polar surface area (TPSA) is 237 Å². The van der Waals surface area contributed by atoms with Gasteiger partial charge in [0, 0.05) is 25.7 Å². The summed E-state index contributed by atoms with van der Waals surface area (Å²) >= 11 is 0. The molecular weight excluding hydrogens is 1290 g/mol. The van der Waals surface area contributed by atoms with E-state index in [1.807, 2.05) is 0 Å². The van der Waals surface area contributed by atoms with Crippen LogP contribution in [-0.2, 0) is 65.4 Å². The molecule has 0 aliphatic rings. The zero-order chi connectivity index (χ0) is 73.0. The van der Waals surface area contributed by atoms with Gasteiger partial charge in [0.2, 0.25) is 0 Å². The van der Waals surface area contributed by atoms with E-state index in [0.29, 0.717) is 25.7 Å². The molecule has 0 aliphatic carbocycles. The molecule has 0 aliphatic heterocycles. The molecule has 3 N–H and O–H groups in total. The summed E-state index contributed by atoms with van der Waals surface area (Å²) in [7, 11) is -9.92. The second-order valence-corrected chi connectivity index (χ2v) is 33.1. The maximum atomic E-state index is 13.1. The van der Waals surface area contributed by atoms with Gasteiger partial charge in [0.15, 0.2) is 12.2 Å². The van der Waals surface area contributed by atoms with Crippen molar-refractivity contribution in [3.8, 4) is 0 Å². The first-order valence-corrected chi connectivity index (χ1v) is 44.3. The van der Waals surface area contributed by atoms with Gasteiger partial charge in [-0.25, -0.2) is 9.13 Å². The van der Waals surface area contributed by atoms with Gasteiger partial charge in [-0.3, -0.25) is 37.3 Å². The van der Waals surface area contributed by atoms with E-state index in [9.17, 15) is 43.2 Å². The van der Waals surface area contributed by atoms with Gasteiger partial charge in [-0.2, -0.15) is 0 Å². The molecule has 0 spiro atoms. The fraction of sp³-hybridized carbons (Fsp3) is 0.950. The van der Waals surface area contributed by atoms with Crippen molar-refractivity contribution in [3.63, 3.8) is 0 Å². The molecule has 0 saturated carbocycles. The normalized spacial score (nSPS) is 14.0. The summed E-state index contributed by atoms with van der Waals surface area (Å²) in [6.45, 7) is 12.0. The Morgan fingerprint density at radius 3 is 0.687 bits per heavy atom. The van der Waals surface area contributed by atoms with Gasteiger partial charge < -0.3 is 33.8 Å². The minimum atomic E-state index is -4.96. The third-order valence-corrected chi connectivity index (χ3v) is 20.5. The maximum absolute atomic E-state index is 13.1. The number of hydrogen-bond acceptors (Lipinski definition) is 15. The summed E-state index contributed by atoms with van der Waals surface area (Å²) in [5, 5.41) is 10.6. The quantitative estimate of drug-likeness (QED) is 0.0222. The number of phosphoric ester groups is 2. The molecule has 17 nitrogen and oxygen atoms in total. The fourth-order valence-electron chi connectivity index (χ4n) is 12.3. The number of esters is 4. The van der Waals surface area contributed by atoms with Gasteiger partial charge in [-0.1, -0.05) is 363 Å². The molecule has 0 aromatic rings. The minimum absolute atomic E-state index is 0.106. The molecule has 0 aromatic carbocycles. The largest absolute Gasteiger partial charge is 0.472 e. The highest BCUT2D eigenvalue weighted by Crippen LogP contribution is 2.45. The highest BCUT2D eigenvalue weighted by molar-refractivity contribution is 7.47. The van der Waals surface area contributed by atoms with Crippen LogP contribution >= 0.6 is 15.6 Å². The Morgan fingerprint density at radius 1 is 0.273 bits per heavy atom. The van der Waals surface area contributed by atoms with Crippen molar-refractivity contribution in [2.75, 3.05) is 39.6 Å². The molecular formula is C80H156O17P2. The Kier molecular flexibility index (Phi) is 69.0. The summed E-state index contributed by atoms with van der Waals surface area (Å²) < 4.78 is 68.7. The van der Waals surface area contributed by atoms with Crippen LogP contribution in [0.25, 0.3) is 0 Å². The third kappa shape index (κ3) is 74.1. The fourth-order valence-corrected chi connectivity index (χ4v) is 13.9. The number of ether oxygens (including phenoxy) is 4. The monoisotopic (exact) mass is 1450 g/mol. The van der Waals surface area contributed by atoms with E-state index in [4.69, 9.17) is 37.0 Å². The molecule has 0 heterocycles. The SMILES string of the molecule is CCCCCCCCCCCCCC(=O)OC[C@H](COP(=O)(O)OC[C@H](O)COP(=O)(O)OC[C@@H](COC(=O)CCCCCCCCCCCCCCCC(C)C)OC(=O)CCCCCCCCCCCCCCCCCCC(C)C)OC(=O)CCCCCCCCCCCCC(C)C. The van der Waals surface area contributed by atoms with Crippen molar-refractivity contribution >= 4 is 39.5 Å². The van der Waals surface area contributed by atoms with E-state index in [2.05, 4.69) is 48.5 Å². The first-order chi connectivity index (χ1) is 47.7. The third-order valence-electron chi connectivity index (χ3n) is 18.6. The van der Waals surface area contributed by atoms with Gasteiger partial charge in [-0.15, -0.1) is 0 Å². The predicted molar refractivity (Wildman–Crippen MR) is 405 cm³/mol. The highest BCUT2D eigenvalue weighted by Gasteiger charge is 2.30. The van der Waals surface area contributed by atoms with Crippen molar-refractivity contribution in [2.24, 2.45) is 17.8 Å². The molecule has 0 fully saturated rings. The first kappa shape index (κ1) is 97.1. The lowest BCUT2D eigenvalue weighted by Gasteiger charge is -2.21. The van der Waals surface area contributed by atoms with E-state index < -0.39 is 97.5 Å². The van der Waals surface area contributed by atoms with Crippen LogP contribution < -0.4 is 0 Å². The van der Waals surface area contributed by atoms with Crippen molar-refractivity contribution in [1.82, 2.24) is 0 Å². The summed E-state index contributed by atoms with van der Waals surface area (Å²) in [6, 6.07) is 0. The van der Waals surface area contributed by atoms with Crippen molar-refractivity contribution < 1.29 is 80.2 Å². The number of aliphatic hydroxyl groups is 1. The van der Waals surface area contributed by atoms with Gasteiger partial charge >= 0.3 is 39.5 Å². The van der Waals surface area contributed by atoms with E-state index in [1.54, 1.807) is 0 Å². The average molecular weight is 1450 g/mol. The number of rotatable bonds is 78. The van der Waals surface area contributed by atoms with Crippen LogP contribution in [0.1, 0.15) is 414 Å². The summed E-state index contributed by atoms with van der Waals surface area (Å²) in [6.07, 6.45) is 58.2. The Balaban J connectivity index is 5.25. The number of hydrogen-bond donors (Lipinski definition) is 3. The Morgan fingerprint density at radius 2 is 0.465 bits per heavy atom. The Hall–Kier alpha value is -1.94. The second-order valence-electron chi connectivity index (χ2n) is 30.2. The molecule has 0 saturated heterocycles. The summed E-state index contributed by atoms with van der Waals surface area (Å²) in [5.41, 5.74) is 0. The lowest BCUT2D eigenvalue weighted by atomic mass is 10.0. The van der Waals surface area contributed by atoms with Gasteiger partial charge in [-0.05, 0) is 43.4 Å². The van der Waals surface area contributed by atoms with E-state index in [-0.39, 0.29) is 25.7 Å². The van der Waals surface area contributed by atoms with Gasteiger partial charge in [0.05, 0.1) is 26.4 Å². The van der Waals surface area contributed by atoms with Crippen molar-refractivity contribution in [1.29, 1.82) is 0 Å². The maximum Gasteiger partial charge on any atom is 0.472 e. The van der Waals surface area contributed by atoms with Gasteiger partial charge in [0.1, 0.15) is 19.3 Å². The Bertz CT molecular complexity index is 1920. The number of aliphatic hydroxyl groups excluding tert-OH is 1. The summed E-state index contributed by atoms with van der Waals surface area (Å²) in [4.78, 5) is 73.0. The molecule has 0 aromatic heterocycles. The second kappa shape index (κ2) is 70.4. The molecule has 19 heteroatoms. The average Bonchev–Trinajstić information content (AvgIpc) is 1.13. The number of carbonyl (C=O) groups is 4. The molecule has 0 bridgehead atoms. The molecule has 0 radical (unpaired) electrons. The predicted octanol–water partition coefficient (Wildman–Crippen LogP) is 23.7. The zero-order valence-electron chi connectivity index (χ0n) is 65.0. The number of phosphoric acid groups is 2. The minimum Gasteiger partial charge on any atom is -0.462 e. The lowest BCUT2D eigenvalue weighted by Crippen LogP contribution is -2.30. The molecule has 0 amide bonds. The van der Waals surface area contributed by atoms with E-state index in [0.717, 1.165) is 108 Å². The molecule has 99 heavy (non-hydrogen) atoms. The van der Waals surface area contributed by atoms with Crippen LogP contribution in [0.3, 0.4) is 0 Å². The molecule has 588 valence electrons. The van der Waals surface area contributed by atoms with Crippen LogP contribution in [0, 0.1) is 17.8 Å². The molecule has 2 unspecified atom stereocenters. The van der Waals surface area contributed by atoms with Crippen molar-refractivity contribution in [3.05, 3.63) is 0 Å². The van der Waals surface area contributed by atoms with E-state index in [1.165, 1.54) is 225 Å².